The molecule has 0 bridgehead atoms. The van der Waals surface area contributed by atoms with Gasteiger partial charge in [0.25, 0.3) is 0 Å². The number of methoxy groups -OCH3 is 1. The quantitative estimate of drug-likeness (QED) is 0.810. The summed E-state index contributed by atoms with van der Waals surface area (Å²) in [6.07, 6.45) is 5.43. The molecule has 5 nitrogen and oxygen atoms in total. The largest absolute Gasteiger partial charge is 0.381 e. The van der Waals surface area contributed by atoms with Gasteiger partial charge >= 0.3 is 0 Å². The summed E-state index contributed by atoms with van der Waals surface area (Å²) in [5, 5.41) is 0. The molecule has 1 aliphatic heterocycles. The van der Waals surface area contributed by atoms with E-state index >= 15 is 0 Å². The van der Waals surface area contributed by atoms with Gasteiger partial charge in [0.05, 0.1) is 5.60 Å². The third-order valence-electron chi connectivity index (χ3n) is 3.16. The predicted octanol–water partition coefficient (Wildman–Crippen LogP) is 1.06. The number of aromatic nitrogens is 2. The van der Waals surface area contributed by atoms with Crippen molar-refractivity contribution in [3.63, 3.8) is 0 Å². The lowest BCUT2D eigenvalue weighted by molar-refractivity contribution is -0.00479. The van der Waals surface area contributed by atoms with Crippen molar-refractivity contribution in [3.8, 4) is 0 Å². The highest BCUT2D eigenvalue weighted by Gasteiger charge is 2.32. The molecule has 0 aliphatic carbocycles. The van der Waals surface area contributed by atoms with Crippen LogP contribution in [-0.4, -0.2) is 35.8 Å². The van der Waals surface area contributed by atoms with Gasteiger partial charge in [-0.25, -0.2) is 9.97 Å². The van der Waals surface area contributed by atoms with E-state index in [1.807, 2.05) is 0 Å². The summed E-state index contributed by atoms with van der Waals surface area (Å²) in [5.41, 5.74) is 5.72. The Bertz CT molecular complexity index is 371. The van der Waals surface area contributed by atoms with Crippen LogP contribution in [0, 0.1) is 0 Å². The third kappa shape index (κ3) is 2.09. The van der Waals surface area contributed by atoms with Crippen LogP contribution >= 0.6 is 0 Å². The number of anilines is 2. The number of rotatable bonds is 2. The molecule has 88 valence electrons. The van der Waals surface area contributed by atoms with Gasteiger partial charge in [0.2, 0.25) is 0 Å². The van der Waals surface area contributed by atoms with Crippen LogP contribution < -0.4 is 10.6 Å². The van der Waals surface area contributed by atoms with Gasteiger partial charge in [0.1, 0.15) is 0 Å². The number of nitrogens with zero attached hydrogens (tertiary/aromatic N) is 3. The van der Waals surface area contributed by atoms with Crippen molar-refractivity contribution in [3.05, 3.63) is 12.4 Å². The first kappa shape index (κ1) is 11.1. The molecule has 16 heavy (non-hydrogen) atoms. The molecule has 0 amide bonds. The molecule has 1 unspecified atom stereocenters. The summed E-state index contributed by atoms with van der Waals surface area (Å²) < 4.78 is 5.54. The van der Waals surface area contributed by atoms with Gasteiger partial charge in [-0.05, 0) is 19.8 Å². The summed E-state index contributed by atoms with van der Waals surface area (Å²) in [6, 6.07) is 0. The van der Waals surface area contributed by atoms with E-state index in [0.717, 1.165) is 31.7 Å². The minimum Gasteiger partial charge on any atom is -0.381 e. The molecule has 0 radical (unpaired) electrons. The van der Waals surface area contributed by atoms with E-state index in [1.54, 1.807) is 19.5 Å². The summed E-state index contributed by atoms with van der Waals surface area (Å²) in [6.45, 7) is 3.89. The second-order valence-corrected chi connectivity index (χ2v) is 4.44. The van der Waals surface area contributed by atoms with E-state index in [4.69, 9.17) is 10.5 Å². The smallest absolute Gasteiger partial charge is 0.171 e. The van der Waals surface area contributed by atoms with E-state index in [-0.39, 0.29) is 5.60 Å². The molecule has 2 rings (SSSR count). The van der Waals surface area contributed by atoms with Gasteiger partial charge < -0.3 is 15.4 Å². The lowest BCUT2D eigenvalue weighted by Gasteiger charge is -2.40. The molecule has 0 aromatic carbocycles. The van der Waals surface area contributed by atoms with Crippen LogP contribution in [0.15, 0.2) is 12.4 Å². The molecule has 5 heteroatoms. The van der Waals surface area contributed by atoms with Gasteiger partial charge in [-0.1, -0.05) is 0 Å². The second kappa shape index (κ2) is 4.25. The molecule has 1 aromatic rings. The molecule has 1 saturated heterocycles. The van der Waals surface area contributed by atoms with Crippen LogP contribution in [0.5, 0.6) is 0 Å². The lowest BCUT2D eigenvalue weighted by Crippen LogP contribution is -2.48. The number of nitrogens with two attached hydrogens (primary N) is 1. The average molecular weight is 222 g/mol. The maximum Gasteiger partial charge on any atom is 0.171 e. The molecule has 0 spiro atoms. The van der Waals surface area contributed by atoms with E-state index in [2.05, 4.69) is 21.8 Å². The molecular weight excluding hydrogens is 204 g/mol. The van der Waals surface area contributed by atoms with Crippen molar-refractivity contribution in [2.24, 2.45) is 0 Å². The number of piperidine rings is 1. The lowest BCUT2D eigenvalue weighted by atomic mass is 9.95. The van der Waals surface area contributed by atoms with Gasteiger partial charge in [0.15, 0.2) is 11.6 Å². The Balaban J connectivity index is 2.19. The van der Waals surface area contributed by atoms with Crippen molar-refractivity contribution in [2.75, 3.05) is 30.8 Å². The fraction of sp³-hybridized carbons (Fsp3) is 0.636. The number of hydrogen-bond acceptors (Lipinski definition) is 5. The summed E-state index contributed by atoms with van der Waals surface area (Å²) >= 11 is 0. The molecule has 1 aliphatic rings. The number of nitrogen functional groups attached to an aromatic ring is 1. The zero-order chi connectivity index (χ0) is 11.6. The third-order valence-corrected chi connectivity index (χ3v) is 3.16. The minimum atomic E-state index is -0.109. The fourth-order valence-electron chi connectivity index (χ4n) is 2.14. The van der Waals surface area contributed by atoms with Crippen molar-refractivity contribution < 1.29 is 4.74 Å². The van der Waals surface area contributed by atoms with Gasteiger partial charge in [0, 0.05) is 32.6 Å². The molecule has 2 heterocycles. The summed E-state index contributed by atoms with van der Waals surface area (Å²) in [7, 11) is 1.75. The maximum absolute atomic E-state index is 5.83. The number of ether oxygens (including phenoxy) is 1. The Hall–Kier alpha value is -1.36. The topological polar surface area (TPSA) is 64.3 Å². The Morgan fingerprint density at radius 2 is 2.19 bits per heavy atom. The predicted molar refractivity (Wildman–Crippen MR) is 63.3 cm³/mol. The van der Waals surface area contributed by atoms with Crippen molar-refractivity contribution in [2.45, 2.75) is 25.4 Å². The van der Waals surface area contributed by atoms with Crippen LogP contribution in [0.25, 0.3) is 0 Å². The van der Waals surface area contributed by atoms with Crippen LogP contribution in [0.3, 0.4) is 0 Å². The Morgan fingerprint density at radius 1 is 1.44 bits per heavy atom. The zero-order valence-electron chi connectivity index (χ0n) is 9.81. The Kier molecular flexibility index (Phi) is 2.96. The fourth-order valence-corrected chi connectivity index (χ4v) is 2.14. The van der Waals surface area contributed by atoms with E-state index in [0.29, 0.717) is 5.82 Å². The zero-order valence-corrected chi connectivity index (χ0v) is 9.81. The normalized spacial score (nSPS) is 25.8. The monoisotopic (exact) mass is 222 g/mol. The highest BCUT2D eigenvalue weighted by molar-refractivity contribution is 5.57. The Morgan fingerprint density at radius 3 is 2.88 bits per heavy atom. The van der Waals surface area contributed by atoms with Crippen LogP contribution in [0.4, 0.5) is 11.6 Å². The minimum absolute atomic E-state index is 0.109. The van der Waals surface area contributed by atoms with Crippen molar-refractivity contribution in [1.82, 2.24) is 9.97 Å². The molecule has 1 aromatic heterocycles. The SMILES string of the molecule is COC1(C)CCCN(c2nccnc2N)C1. The van der Waals surface area contributed by atoms with Crippen LogP contribution in [0.1, 0.15) is 19.8 Å². The molecule has 0 saturated carbocycles. The van der Waals surface area contributed by atoms with Crippen LogP contribution in [-0.2, 0) is 4.74 Å². The van der Waals surface area contributed by atoms with Crippen LogP contribution in [0.2, 0.25) is 0 Å². The molecule has 2 N–H and O–H groups in total. The Labute approximate surface area is 95.6 Å². The standard InChI is InChI=1S/C11H18N4O/c1-11(16-2)4-3-7-15(8-11)10-9(12)13-5-6-14-10/h5-6H,3-4,7-8H2,1-2H3,(H2,12,13). The molecule has 1 atom stereocenters. The first-order chi connectivity index (χ1) is 7.64. The first-order valence-electron chi connectivity index (χ1n) is 5.51. The highest BCUT2D eigenvalue weighted by Crippen LogP contribution is 2.28. The average Bonchev–Trinajstić information content (AvgIpc) is 2.30. The van der Waals surface area contributed by atoms with Gasteiger partial charge in [-0.15, -0.1) is 0 Å². The first-order valence-corrected chi connectivity index (χ1v) is 5.51. The van der Waals surface area contributed by atoms with E-state index in [1.165, 1.54) is 0 Å². The van der Waals surface area contributed by atoms with Gasteiger partial charge in [-0.2, -0.15) is 0 Å². The summed E-state index contributed by atoms with van der Waals surface area (Å²) in [4.78, 5) is 10.5. The van der Waals surface area contributed by atoms with Crippen molar-refractivity contribution >= 4 is 11.6 Å². The van der Waals surface area contributed by atoms with E-state index in [9.17, 15) is 0 Å². The summed E-state index contributed by atoms with van der Waals surface area (Å²) in [5.74, 6) is 1.26. The maximum atomic E-state index is 5.83. The van der Waals surface area contributed by atoms with E-state index < -0.39 is 0 Å². The highest BCUT2D eigenvalue weighted by atomic mass is 16.5. The van der Waals surface area contributed by atoms with Gasteiger partial charge in [-0.3, -0.25) is 0 Å². The molecule has 1 fully saturated rings. The molecular formula is C11H18N4O. The number of hydrogen-bond donors (Lipinski definition) is 1. The van der Waals surface area contributed by atoms with Crippen molar-refractivity contribution in [1.29, 1.82) is 0 Å². The second-order valence-electron chi connectivity index (χ2n) is 4.44.